The Morgan fingerprint density at radius 1 is 0.757 bits per heavy atom. The third-order valence-electron chi connectivity index (χ3n) is 8.04. The Morgan fingerprint density at radius 2 is 1.62 bits per heavy atom. The molecule has 1 aromatic heterocycles. The van der Waals surface area contributed by atoms with Crippen LogP contribution in [0.5, 0.6) is 5.75 Å². The lowest BCUT2D eigenvalue weighted by molar-refractivity contribution is 0.414. The highest BCUT2D eigenvalue weighted by Crippen LogP contribution is 2.44. The van der Waals surface area contributed by atoms with Crippen LogP contribution in [0.25, 0.3) is 45.2 Å². The van der Waals surface area contributed by atoms with Gasteiger partial charge in [-0.3, -0.25) is 0 Å². The van der Waals surface area contributed by atoms with Crippen molar-refractivity contribution in [2.45, 2.75) is 38.5 Å². The molecule has 0 fully saturated rings. The Bertz CT molecular complexity index is 1700. The lowest BCUT2D eigenvalue weighted by Crippen LogP contribution is -2.05. The maximum atomic E-state index is 6.72. The van der Waals surface area contributed by atoms with E-state index in [0.29, 0.717) is 0 Å². The Kier molecular flexibility index (Phi) is 5.47. The molecule has 0 bridgehead atoms. The molecule has 4 aromatic rings. The minimum atomic E-state index is 0.816. The first-order chi connectivity index (χ1) is 18.3. The molecule has 0 atom stereocenters. The van der Waals surface area contributed by atoms with Crippen molar-refractivity contribution in [3.05, 3.63) is 112 Å². The topological polar surface area (TPSA) is 22.4 Å². The number of methoxy groups -OCH3 is 1. The Morgan fingerprint density at radius 3 is 2.51 bits per heavy atom. The van der Waals surface area contributed by atoms with Gasteiger partial charge in [0.05, 0.1) is 7.11 Å². The van der Waals surface area contributed by atoms with E-state index in [1.807, 2.05) is 12.1 Å². The maximum absolute atomic E-state index is 6.72. The van der Waals surface area contributed by atoms with Gasteiger partial charge in [-0.25, -0.2) is 0 Å². The van der Waals surface area contributed by atoms with E-state index in [9.17, 15) is 0 Å². The highest BCUT2D eigenvalue weighted by molar-refractivity contribution is 6.13. The Hall–Kier alpha value is -4.04. The highest BCUT2D eigenvalue weighted by atomic mass is 16.5. The van der Waals surface area contributed by atoms with Crippen molar-refractivity contribution in [1.82, 2.24) is 0 Å². The molecule has 0 aliphatic heterocycles. The van der Waals surface area contributed by atoms with Gasteiger partial charge in [-0.2, -0.15) is 0 Å². The molecule has 0 amide bonds. The molecule has 0 spiro atoms. The number of hydrogen-bond acceptors (Lipinski definition) is 2. The third kappa shape index (κ3) is 3.71. The summed E-state index contributed by atoms with van der Waals surface area (Å²) in [6.07, 6.45) is 28.8. The SMILES string of the molecule is COc1ccc2c(c1)oc1c(-c3cc4c(c5c3CC=CC=C5)CCC/C=C\C4)cc3c(c12)CC=CC=C3. The lowest BCUT2D eigenvalue weighted by atomic mass is 9.82. The normalized spacial score (nSPS) is 17.0. The van der Waals surface area contributed by atoms with Gasteiger partial charge >= 0.3 is 0 Å². The van der Waals surface area contributed by atoms with Crippen LogP contribution in [0.2, 0.25) is 0 Å². The molecule has 7 rings (SSSR count). The van der Waals surface area contributed by atoms with Crippen LogP contribution in [0.1, 0.15) is 46.2 Å². The van der Waals surface area contributed by atoms with Crippen molar-refractivity contribution in [3.63, 3.8) is 0 Å². The van der Waals surface area contributed by atoms with Gasteiger partial charge in [0.2, 0.25) is 0 Å². The van der Waals surface area contributed by atoms with E-state index in [4.69, 9.17) is 9.15 Å². The van der Waals surface area contributed by atoms with Crippen LogP contribution in [0.4, 0.5) is 0 Å². The predicted molar refractivity (Wildman–Crippen MR) is 155 cm³/mol. The van der Waals surface area contributed by atoms with Crippen molar-refractivity contribution in [2.24, 2.45) is 0 Å². The van der Waals surface area contributed by atoms with Crippen LogP contribution in [0, 0.1) is 0 Å². The molecule has 37 heavy (non-hydrogen) atoms. The number of furan rings is 1. The number of hydrogen-bond donors (Lipinski definition) is 0. The summed E-state index contributed by atoms with van der Waals surface area (Å²) in [4.78, 5) is 0. The average Bonchev–Trinajstić information content (AvgIpc) is 3.05. The fraction of sp³-hybridized carbons (Fsp3) is 0.200. The number of fused-ring (bicyclic) bond motifs is 8. The fourth-order valence-corrected chi connectivity index (χ4v) is 6.27. The molecule has 2 heteroatoms. The molecular formula is C35H30O2. The summed E-state index contributed by atoms with van der Waals surface area (Å²) in [5, 5.41) is 2.37. The van der Waals surface area contributed by atoms with Gasteiger partial charge < -0.3 is 9.15 Å². The van der Waals surface area contributed by atoms with E-state index in [1.165, 1.54) is 56.3 Å². The van der Waals surface area contributed by atoms with Crippen LogP contribution in [-0.4, -0.2) is 7.11 Å². The lowest BCUT2D eigenvalue weighted by Gasteiger charge is -2.22. The van der Waals surface area contributed by atoms with Crippen LogP contribution >= 0.6 is 0 Å². The van der Waals surface area contributed by atoms with Crippen molar-refractivity contribution in [1.29, 1.82) is 0 Å². The molecule has 0 unspecified atom stereocenters. The number of benzene rings is 3. The molecule has 0 N–H and O–H groups in total. The highest BCUT2D eigenvalue weighted by Gasteiger charge is 2.24. The van der Waals surface area contributed by atoms with Crippen molar-refractivity contribution >= 4 is 34.1 Å². The largest absolute Gasteiger partial charge is 0.497 e. The summed E-state index contributed by atoms with van der Waals surface area (Å²) >= 11 is 0. The second-order valence-electron chi connectivity index (χ2n) is 10.2. The van der Waals surface area contributed by atoms with Gasteiger partial charge in [0, 0.05) is 22.4 Å². The number of rotatable bonds is 2. The zero-order chi connectivity index (χ0) is 24.8. The maximum Gasteiger partial charge on any atom is 0.143 e. The molecule has 3 aliphatic carbocycles. The minimum absolute atomic E-state index is 0.816. The number of allylic oxidation sites excluding steroid dienone is 8. The van der Waals surface area contributed by atoms with Gasteiger partial charge in [-0.05, 0) is 95.7 Å². The first kappa shape index (κ1) is 22.2. The summed E-state index contributed by atoms with van der Waals surface area (Å²) in [5.74, 6) is 0.816. The van der Waals surface area contributed by atoms with E-state index in [-0.39, 0.29) is 0 Å². The molecular weight excluding hydrogens is 452 g/mol. The van der Waals surface area contributed by atoms with Crippen molar-refractivity contribution < 1.29 is 9.15 Å². The van der Waals surface area contributed by atoms with E-state index in [1.54, 1.807) is 7.11 Å². The summed E-state index contributed by atoms with van der Waals surface area (Å²) in [5.41, 5.74) is 12.7. The predicted octanol–water partition coefficient (Wildman–Crippen LogP) is 8.95. The van der Waals surface area contributed by atoms with Gasteiger partial charge in [-0.1, -0.05) is 66.8 Å². The molecule has 3 aliphatic rings. The summed E-state index contributed by atoms with van der Waals surface area (Å²) < 4.78 is 12.3. The minimum Gasteiger partial charge on any atom is -0.497 e. The molecule has 1 heterocycles. The standard InChI is InChI=1S/C35H30O2/c1-36-25-18-19-30-33(22-25)37-35-32(21-24-13-7-4-9-15-27(24)34(30)35)31-20-23-12-6-2-3-8-14-26(23)28-16-10-5-11-17-29(28)31/h2,4-7,9-11,13,16,18-22H,3,8,12,14-15,17H2,1H3/b6-2-. The monoisotopic (exact) mass is 482 g/mol. The second-order valence-corrected chi connectivity index (χ2v) is 10.2. The first-order valence-electron chi connectivity index (χ1n) is 13.4. The number of ether oxygens (including phenoxy) is 1. The molecule has 0 saturated carbocycles. The summed E-state index contributed by atoms with van der Waals surface area (Å²) in [6.45, 7) is 0. The quantitative estimate of drug-likeness (QED) is 0.266. The zero-order valence-electron chi connectivity index (χ0n) is 21.2. The van der Waals surface area contributed by atoms with Gasteiger partial charge in [-0.15, -0.1) is 0 Å². The molecule has 3 aromatic carbocycles. The van der Waals surface area contributed by atoms with E-state index in [0.717, 1.165) is 54.4 Å². The van der Waals surface area contributed by atoms with Gasteiger partial charge in [0.1, 0.15) is 16.9 Å². The second kappa shape index (κ2) is 9.12. The van der Waals surface area contributed by atoms with E-state index >= 15 is 0 Å². The van der Waals surface area contributed by atoms with Crippen LogP contribution < -0.4 is 4.74 Å². The van der Waals surface area contributed by atoms with Crippen LogP contribution in [0.15, 0.2) is 83.4 Å². The molecule has 0 saturated heterocycles. The van der Waals surface area contributed by atoms with E-state index < -0.39 is 0 Å². The average molecular weight is 483 g/mol. The van der Waals surface area contributed by atoms with Crippen molar-refractivity contribution in [2.75, 3.05) is 7.11 Å². The first-order valence-corrected chi connectivity index (χ1v) is 13.4. The smallest absolute Gasteiger partial charge is 0.143 e. The van der Waals surface area contributed by atoms with Crippen LogP contribution in [-0.2, 0) is 25.7 Å². The molecule has 2 nitrogen and oxygen atoms in total. The summed E-state index contributed by atoms with van der Waals surface area (Å²) in [6, 6.07) is 11.0. The third-order valence-corrected chi connectivity index (χ3v) is 8.04. The Balaban J connectivity index is 1.59. The fourth-order valence-electron chi connectivity index (χ4n) is 6.27. The Labute approximate surface area is 217 Å². The zero-order valence-corrected chi connectivity index (χ0v) is 21.2. The molecule has 0 radical (unpaired) electrons. The van der Waals surface area contributed by atoms with E-state index in [2.05, 4.69) is 79.0 Å². The molecule has 182 valence electrons. The van der Waals surface area contributed by atoms with Crippen LogP contribution in [0.3, 0.4) is 0 Å². The van der Waals surface area contributed by atoms with Crippen molar-refractivity contribution in [3.8, 4) is 16.9 Å². The summed E-state index contributed by atoms with van der Waals surface area (Å²) in [7, 11) is 1.71. The van der Waals surface area contributed by atoms with Gasteiger partial charge in [0.15, 0.2) is 0 Å². The van der Waals surface area contributed by atoms with Gasteiger partial charge in [0.25, 0.3) is 0 Å².